The summed E-state index contributed by atoms with van der Waals surface area (Å²) in [5, 5.41) is 4.73. The minimum absolute atomic E-state index is 0.0331. The summed E-state index contributed by atoms with van der Waals surface area (Å²) in [5.74, 6) is -0.107. The molecule has 1 aliphatic heterocycles. The van der Waals surface area contributed by atoms with Gasteiger partial charge in [0.25, 0.3) is 20.0 Å². The molecule has 0 radical (unpaired) electrons. The molecule has 0 saturated carbocycles. The fraction of sp³-hybridized carbons (Fsp3) is 0.317. The Morgan fingerprint density at radius 3 is 1.82 bits per heavy atom. The van der Waals surface area contributed by atoms with E-state index in [1.54, 1.807) is 42.5 Å². The summed E-state index contributed by atoms with van der Waals surface area (Å²) in [6, 6.07) is 26.4. The standard InChI is InChI=1S/C41H45N3O9S2/c1-28(45)50-23-24-51-38-37(30-13-22-35-36(25-30)53-27-52-35)39(43(42-38)26-29-11-9-8-10-12-29)44(54(46,47)33-18-14-31(15-19-33)40(2,3)4)55(48,49)34-20-16-32(17-21-34)41(5,6)7/h8-22,25H,23-24,26-27H2,1-7H3. The summed E-state index contributed by atoms with van der Waals surface area (Å²) in [7, 11) is -9.87. The number of anilines is 1. The highest BCUT2D eigenvalue weighted by Gasteiger charge is 2.43. The van der Waals surface area contributed by atoms with Crippen LogP contribution in [-0.2, 0) is 47.0 Å². The lowest BCUT2D eigenvalue weighted by atomic mass is 9.87. The minimum atomic E-state index is -4.94. The third-order valence-corrected chi connectivity index (χ3v) is 13.1. The lowest BCUT2D eigenvalue weighted by Crippen LogP contribution is -2.39. The van der Waals surface area contributed by atoms with Crippen molar-refractivity contribution in [3.05, 3.63) is 114 Å². The molecule has 1 aromatic heterocycles. The van der Waals surface area contributed by atoms with E-state index in [9.17, 15) is 4.79 Å². The van der Waals surface area contributed by atoms with E-state index >= 15 is 16.8 Å². The van der Waals surface area contributed by atoms with Gasteiger partial charge in [0.05, 0.1) is 21.9 Å². The van der Waals surface area contributed by atoms with E-state index in [4.69, 9.17) is 24.0 Å². The molecule has 0 fully saturated rings. The molecular weight excluding hydrogens is 743 g/mol. The molecule has 0 saturated heterocycles. The van der Waals surface area contributed by atoms with E-state index in [2.05, 4.69) is 0 Å². The fourth-order valence-corrected chi connectivity index (χ4v) is 9.73. The number of carbonyl (C=O) groups is 1. The highest BCUT2D eigenvalue weighted by atomic mass is 32.3. The zero-order chi connectivity index (χ0) is 39.8. The third kappa shape index (κ3) is 8.35. The monoisotopic (exact) mass is 787 g/mol. The van der Waals surface area contributed by atoms with Crippen LogP contribution in [0.3, 0.4) is 0 Å². The van der Waals surface area contributed by atoms with E-state index in [0.29, 0.717) is 26.3 Å². The maximum absolute atomic E-state index is 15.2. The average Bonchev–Trinajstić information content (AvgIpc) is 3.74. The zero-order valence-corrected chi connectivity index (χ0v) is 33.5. The Bertz CT molecular complexity index is 2310. The molecule has 6 rings (SSSR count). The molecule has 1 aliphatic rings. The predicted octanol–water partition coefficient (Wildman–Crippen LogP) is 7.45. The van der Waals surface area contributed by atoms with Crippen molar-refractivity contribution in [2.24, 2.45) is 0 Å². The SMILES string of the molecule is CC(=O)OCCOc1nn(Cc2ccccc2)c(N(S(=O)(=O)c2ccc(C(C)(C)C)cc2)S(=O)(=O)c2ccc(C(C)(C)C)cc2)c1-c1ccc2c(c1)OCO2. The number of sulfonamides is 2. The Balaban J connectivity index is 1.66. The maximum Gasteiger partial charge on any atom is 0.302 e. The topological polar surface area (TPSA) is 143 Å². The number of rotatable bonds is 12. The van der Waals surface area contributed by atoms with Crippen molar-refractivity contribution >= 4 is 31.8 Å². The quantitative estimate of drug-likeness (QED) is 0.0924. The van der Waals surface area contributed by atoms with E-state index in [1.807, 2.05) is 71.9 Å². The highest BCUT2D eigenvalue weighted by Crippen LogP contribution is 2.46. The molecule has 0 bridgehead atoms. The molecule has 2 heterocycles. The highest BCUT2D eigenvalue weighted by molar-refractivity contribution is 8.10. The number of ether oxygens (including phenoxy) is 4. The van der Waals surface area contributed by atoms with Gasteiger partial charge in [-0.2, -0.15) is 16.8 Å². The summed E-state index contributed by atoms with van der Waals surface area (Å²) in [4.78, 5) is 11.1. The van der Waals surface area contributed by atoms with Gasteiger partial charge in [0.1, 0.15) is 13.2 Å². The molecule has 0 unspecified atom stereocenters. The average molecular weight is 788 g/mol. The van der Waals surface area contributed by atoms with Crippen LogP contribution in [0.4, 0.5) is 5.82 Å². The third-order valence-electron chi connectivity index (χ3n) is 9.00. The molecule has 0 N–H and O–H groups in total. The molecule has 12 nitrogen and oxygen atoms in total. The first-order valence-electron chi connectivity index (χ1n) is 17.7. The van der Waals surface area contributed by atoms with Crippen LogP contribution in [0, 0.1) is 0 Å². The lowest BCUT2D eigenvalue weighted by molar-refractivity contribution is -0.141. The van der Waals surface area contributed by atoms with Crippen LogP contribution in [-0.4, -0.2) is 52.6 Å². The Morgan fingerprint density at radius 1 is 0.745 bits per heavy atom. The van der Waals surface area contributed by atoms with Crippen LogP contribution in [0.2, 0.25) is 0 Å². The Labute approximate surface area is 322 Å². The van der Waals surface area contributed by atoms with Crippen molar-refractivity contribution in [2.45, 2.75) is 75.6 Å². The van der Waals surface area contributed by atoms with E-state index in [1.165, 1.54) is 35.9 Å². The lowest BCUT2D eigenvalue weighted by Gasteiger charge is -2.27. The number of nitrogens with zero attached hydrogens (tertiary/aromatic N) is 3. The minimum Gasteiger partial charge on any atom is -0.472 e. The second-order valence-corrected chi connectivity index (χ2v) is 19.0. The largest absolute Gasteiger partial charge is 0.472 e. The first-order chi connectivity index (χ1) is 25.9. The molecule has 0 aliphatic carbocycles. The van der Waals surface area contributed by atoms with Gasteiger partial charge in [-0.15, -0.1) is 8.81 Å². The van der Waals surface area contributed by atoms with Crippen molar-refractivity contribution in [3.8, 4) is 28.5 Å². The number of hydrogen-bond acceptors (Lipinski definition) is 10. The van der Waals surface area contributed by atoms with Gasteiger partial charge in [-0.1, -0.05) is 102 Å². The molecule has 5 aromatic rings. The van der Waals surface area contributed by atoms with Gasteiger partial charge in [0.15, 0.2) is 17.3 Å². The molecule has 55 heavy (non-hydrogen) atoms. The second kappa shape index (κ2) is 15.1. The van der Waals surface area contributed by atoms with Crippen molar-refractivity contribution in [3.63, 3.8) is 0 Å². The number of benzene rings is 4. The van der Waals surface area contributed by atoms with Gasteiger partial charge in [-0.25, -0.2) is 4.68 Å². The van der Waals surface area contributed by atoms with Crippen LogP contribution < -0.4 is 17.9 Å². The predicted molar refractivity (Wildman–Crippen MR) is 209 cm³/mol. The number of fused-ring (bicyclic) bond motifs is 1. The van der Waals surface area contributed by atoms with Gasteiger partial charge < -0.3 is 18.9 Å². The van der Waals surface area contributed by atoms with Gasteiger partial charge in [0, 0.05) is 6.92 Å². The maximum atomic E-state index is 15.2. The van der Waals surface area contributed by atoms with E-state index in [0.717, 1.165) is 11.1 Å². The molecule has 0 spiro atoms. The van der Waals surface area contributed by atoms with Gasteiger partial charge >= 0.3 is 5.97 Å². The zero-order valence-electron chi connectivity index (χ0n) is 31.9. The summed E-state index contributed by atoms with van der Waals surface area (Å²) >= 11 is 0. The number of esters is 1. The van der Waals surface area contributed by atoms with Gasteiger partial charge in [0.2, 0.25) is 12.7 Å². The fourth-order valence-electron chi connectivity index (χ4n) is 6.02. The molecule has 290 valence electrons. The molecule has 0 atom stereocenters. The van der Waals surface area contributed by atoms with Crippen molar-refractivity contribution in [1.82, 2.24) is 9.78 Å². The summed E-state index contributed by atoms with van der Waals surface area (Å²) in [5.41, 5.74) is 2.19. The molecular formula is C41H45N3O9S2. The smallest absolute Gasteiger partial charge is 0.302 e. The first-order valence-corrected chi connectivity index (χ1v) is 20.6. The molecule has 14 heteroatoms. The Morgan fingerprint density at radius 2 is 1.29 bits per heavy atom. The van der Waals surface area contributed by atoms with Gasteiger partial charge in [-0.05, 0) is 69.5 Å². The summed E-state index contributed by atoms with van der Waals surface area (Å²) in [6.45, 7) is 12.9. The number of carbonyl (C=O) groups excluding carboxylic acids is 1. The Kier molecular flexibility index (Phi) is 10.8. The first kappa shape index (κ1) is 39.4. The van der Waals surface area contributed by atoms with E-state index < -0.39 is 26.0 Å². The molecule has 4 aromatic carbocycles. The van der Waals surface area contributed by atoms with Gasteiger partial charge in [-0.3, -0.25) is 4.79 Å². The van der Waals surface area contributed by atoms with Crippen LogP contribution >= 0.6 is 0 Å². The Hall–Kier alpha value is -5.34. The normalized spacial score (nSPS) is 13.1. The number of hydrogen-bond donors (Lipinski definition) is 0. The van der Waals surface area contributed by atoms with Crippen LogP contribution in [0.15, 0.2) is 107 Å². The second-order valence-electron chi connectivity index (χ2n) is 15.2. The number of aromatic nitrogens is 2. The summed E-state index contributed by atoms with van der Waals surface area (Å²) < 4.78 is 85.1. The van der Waals surface area contributed by atoms with Crippen molar-refractivity contribution in [2.75, 3.05) is 23.7 Å². The summed E-state index contributed by atoms with van der Waals surface area (Å²) in [6.07, 6.45) is 0. The van der Waals surface area contributed by atoms with Crippen LogP contribution in [0.25, 0.3) is 11.1 Å². The van der Waals surface area contributed by atoms with Crippen LogP contribution in [0.1, 0.15) is 65.2 Å². The van der Waals surface area contributed by atoms with E-state index in [-0.39, 0.29) is 64.4 Å². The van der Waals surface area contributed by atoms with Crippen LogP contribution in [0.5, 0.6) is 17.4 Å². The molecule has 0 amide bonds. The van der Waals surface area contributed by atoms with Crippen molar-refractivity contribution < 1.29 is 40.6 Å². The van der Waals surface area contributed by atoms with Crippen molar-refractivity contribution in [1.29, 1.82) is 0 Å².